The van der Waals surface area contributed by atoms with Crippen molar-refractivity contribution in [1.29, 1.82) is 0 Å². The van der Waals surface area contributed by atoms with E-state index in [0.717, 1.165) is 28.7 Å². The first-order chi connectivity index (χ1) is 9.79. The van der Waals surface area contributed by atoms with Crippen LogP contribution in [0.25, 0.3) is 0 Å². The molecule has 0 saturated heterocycles. The van der Waals surface area contributed by atoms with E-state index in [4.69, 9.17) is 5.73 Å². The molecule has 0 saturated carbocycles. The number of hydrogen-bond acceptors (Lipinski definition) is 3. The Balaban J connectivity index is 2.42. The van der Waals surface area contributed by atoms with Gasteiger partial charge in [0.2, 0.25) is 5.91 Å². The zero-order chi connectivity index (χ0) is 16.0. The summed E-state index contributed by atoms with van der Waals surface area (Å²) < 4.78 is 1.01. The lowest BCUT2D eigenvalue weighted by atomic mass is 10.0. The number of benzene rings is 1. The second-order valence-corrected chi connectivity index (χ2v) is 6.86. The number of carbonyl (C=O) groups excluding carboxylic acids is 1. The SMILES string of the molecule is Cc1cc(Br)ccc1NC(=O)CN(C)CCC(N)C(C)C. The van der Waals surface area contributed by atoms with Crippen LogP contribution in [0.2, 0.25) is 0 Å². The summed E-state index contributed by atoms with van der Waals surface area (Å²) in [5.41, 5.74) is 7.92. The minimum Gasteiger partial charge on any atom is -0.327 e. The summed E-state index contributed by atoms with van der Waals surface area (Å²) in [6.07, 6.45) is 0.902. The average Bonchev–Trinajstić information content (AvgIpc) is 2.39. The van der Waals surface area contributed by atoms with Gasteiger partial charge >= 0.3 is 0 Å². The van der Waals surface area contributed by atoms with E-state index >= 15 is 0 Å². The molecule has 21 heavy (non-hydrogen) atoms. The topological polar surface area (TPSA) is 58.4 Å². The molecule has 4 nitrogen and oxygen atoms in total. The number of nitrogens with two attached hydrogens (primary N) is 1. The maximum absolute atomic E-state index is 12.0. The van der Waals surface area contributed by atoms with Crippen molar-refractivity contribution in [1.82, 2.24) is 4.90 Å². The molecule has 0 aliphatic rings. The summed E-state index contributed by atoms with van der Waals surface area (Å²) >= 11 is 3.42. The molecule has 118 valence electrons. The van der Waals surface area contributed by atoms with E-state index < -0.39 is 0 Å². The van der Waals surface area contributed by atoms with E-state index in [1.54, 1.807) is 0 Å². The number of likely N-dealkylation sites (N-methyl/N-ethyl adjacent to an activating group) is 1. The van der Waals surface area contributed by atoms with Gasteiger partial charge in [0.15, 0.2) is 0 Å². The minimum atomic E-state index is 0.000964. The first kappa shape index (κ1) is 18.1. The zero-order valence-electron chi connectivity index (χ0n) is 13.3. The van der Waals surface area contributed by atoms with Gasteiger partial charge in [-0.1, -0.05) is 29.8 Å². The van der Waals surface area contributed by atoms with E-state index in [1.807, 2.05) is 37.1 Å². The van der Waals surface area contributed by atoms with E-state index in [9.17, 15) is 4.79 Å². The Kier molecular flexibility index (Phi) is 7.35. The van der Waals surface area contributed by atoms with Gasteiger partial charge in [0.1, 0.15) is 0 Å². The highest BCUT2D eigenvalue weighted by molar-refractivity contribution is 9.10. The smallest absolute Gasteiger partial charge is 0.238 e. The number of nitrogens with one attached hydrogen (secondary N) is 1. The second-order valence-electron chi connectivity index (χ2n) is 5.94. The van der Waals surface area contributed by atoms with Gasteiger partial charge in [-0.15, -0.1) is 0 Å². The van der Waals surface area contributed by atoms with Crippen LogP contribution in [0.15, 0.2) is 22.7 Å². The lowest BCUT2D eigenvalue weighted by Crippen LogP contribution is -2.35. The van der Waals surface area contributed by atoms with Gasteiger partial charge in [-0.2, -0.15) is 0 Å². The molecule has 0 aliphatic carbocycles. The maximum atomic E-state index is 12.0. The van der Waals surface area contributed by atoms with Crippen LogP contribution < -0.4 is 11.1 Å². The van der Waals surface area contributed by atoms with E-state index in [0.29, 0.717) is 12.5 Å². The number of hydrogen-bond donors (Lipinski definition) is 2. The first-order valence-corrected chi connectivity index (χ1v) is 8.09. The van der Waals surface area contributed by atoms with Crippen molar-refractivity contribution in [2.45, 2.75) is 33.2 Å². The molecule has 0 spiro atoms. The number of nitrogens with zero attached hydrogens (tertiary/aromatic N) is 1. The van der Waals surface area contributed by atoms with Crippen LogP contribution in [-0.2, 0) is 4.79 Å². The molecular formula is C16H26BrN3O. The van der Waals surface area contributed by atoms with Gasteiger partial charge in [0, 0.05) is 16.2 Å². The number of halogens is 1. The van der Waals surface area contributed by atoms with Crippen molar-refractivity contribution in [2.24, 2.45) is 11.7 Å². The fraction of sp³-hybridized carbons (Fsp3) is 0.562. The molecule has 5 heteroatoms. The molecule has 0 aliphatic heterocycles. The summed E-state index contributed by atoms with van der Waals surface area (Å²) in [7, 11) is 1.95. The Labute approximate surface area is 136 Å². The highest BCUT2D eigenvalue weighted by Gasteiger charge is 2.12. The normalized spacial score (nSPS) is 12.8. The number of rotatable bonds is 7. The van der Waals surface area contributed by atoms with Crippen LogP contribution in [0.5, 0.6) is 0 Å². The first-order valence-electron chi connectivity index (χ1n) is 7.29. The van der Waals surface area contributed by atoms with Crippen LogP contribution in [0.1, 0.15) is 25.8 Å². The Bertz CT molecular complexity index is 477. The van der Waals surface area contributed by atoms with Gasteiger partial charge in [-0.25, -0.2) is 0 Å². The van der Waals surface area contributed by atoms with Crippen molar-refractivity contribution in [3.05, 3.63) is 28.2 Å². The zero-order valence-corrected chi connectivity index (χ0v) is 14.9. The van der Waals surface area contributed by atoms with Crippen molar-refractivity contribution in [3.8, 4) is 0 Å². The van der Waals surface area contributed by atoms with Gasteiger partial charge in [0.05, 0.1) is 6.54 Å². The third kappa shape index (κ3) is 6.59. The monoisotopic (exact) mass is 355 g/mol. The number of amides is 1. The Morgan fingerprint density at radius 3 is 2.67 bits per heavy atom. The number of anilines is 1. The summed E-state index contributed by atoms with van der Waals surface area (Å²) in [5.74, 6) is 0.471. The molecule has 1 amide bonds. The molecule has 0 aromatic heterocycles. The minimum absolute atomic E-state index is 0.000964. The molecule has 0 bridgehead atoms. The highest BCUT2D eigenvalue weighted by Crippen LogP contribution is 2.19. The molecule has 0 radical (unpaired) electrons. The fourth-order valence-electron chi connectivity index (χ4n) is 1.98. The van der Waals surface area contributed by atoms with Crippen LogP contribution >= 0.6 is 15.9 Å². The van der Waals surface area contributed by atoms with Crippen molar-refractivity contribution >= 4 is 27.5 Å². The van der Waals surface area contributed by atoms with E-state index in [1.165, 1.54) is 0 Å². The molecule has 1 aromatic carbocycles. The van der Waals surface area contributed by atoms with Crippen molar-refractivity contribution in [2.75, 3.05) is 25.5 Å². The molecular weight excluding hydrogens is 330 g/mol. The lowest BCUT2D eigenvalue weighted by Gasteiger charge is -2.21. The number of aryl methyl sites for hydroxylation is 1. The van der Waals surface area contributed by atoms with Gasteiger partial charge in [-0.3, -0.25) is 9.69 Å². The lowest BCUT2D eigenvalue weighted by molar-refractivity contribution is -0.117. The third-order valence-electron chi connectivity index (χ3n) is 3.58. The van der Waals surface area contributed by atoms with Crippen LogP contribution in [0.4, 0.5) is 5.69 Å². The summed E-state index contributed by atoms with van der Waals surface area (Å²) in [4.78, 5) is 14.0. The molecule has 1 aromatic rings. The van der Waals surface area contributed by atoms with E-state index in [-0.39, 0.29) is 11.9 Å². The van der Waals surface area contributed by atoms with E-state index in [2.05, 4.69) is 35.1 Å². The van der Waals surface area contributed by atoms with Gasteiger partial charge in [0.25, 0.3) is 0 Å². The summed E-state index contributed by atoms with van der Waals surface area (Å²) in [6.45, 7) is 7.42. The molecule has 0 fully saturated rings. The molecule has 0 heterocycles. The third-order valence-corrected chi connectivity index (χ3v) is 4.07. The summed E-state index contributed by atoms with van der Waals surface area (Å²) in [5, 5.41) is 2.95. The van der Waals surface area contributed by atoms with Gasteiger partial charge < -0.3 is 11.1 Å². The second kappa shape index (κ2) is 8.51. The van der Waals surface area contributed by atoms with Crippen LogP contribution in [0, 0.1) is 12.8 Å². The maximum Gasteiger partial charge on any atom is 0.238 e. The standard InChI is InChI=1S/C16H26BrN3O/c1-11(2)14(18)7-8-20(4)10-16(21)19-15-6-5-13(17)9-12(15)3/h5-6,9,11,14H,7-8,10,18H2,1-4H3,(H,19,21). The largest absolute Gasteiger partial charge is 0.327 e. The Morgan fingerprint density at radius 1 is 1.43 bits per heavy atom. The Hall–Kier alpha value is -0.910. The Morgan fingerprint density at radius 2 is 2.10 bits per heavy atom. The molecule has 1 atom stereocenters. The predicted octanol–water partition coefficient (Wildman–Crippen LogP) is 3.00. The molecule has 1 rings (SSSR count). The van der Waals surface area contributed by atoms with Crippen LogP contribution in [0.3, 0.4) is 0 Å². The summed E-state index contributed by atoms with van der Waals surface area (Å²) in [6, 6.07) is 6.00. The van der Waals surface area contributed by atoms with Crippen LogP contribution in [-0.4, -0.2) is 37.0 Å². The van der Waals surface area contributed by atoms with Crippen molar-refractivity contribution in [3.63, 3.8) is 0 Å². The number of carbonyl (C=O) groups is 1. The molecule has 3 N–H and O–H groups in total. The highest BCUT2D eigenvalue weighted by atomic mass is 79.9. The fourth-order valence-corrected chi connectivity index (χ4v) is 2.46. The average molecular weight is 356 g/mol. The quantitative estimate of drug-likeness (QED) is 0.790. The molecule has 1 unspecified atom stereocenters. The van der Waals surface area contributed by atoms with Gasteiger partial charge in [-0.05, 0) is 56.6 Å². The van der Waals surface area contributed by atoms with Crippen molar-refractivity contribution < 1.29 is 4.79 Å². The predicted molar refractivity (Wildman–Crippen MR) is 92.4 cm³/mol.